The molecule has 142 valence electrons. The van der Waals surface area contributed by atoms with Gasteiger partial charge in [0, 0.05) is 16.7 Å². The number of carbonyl (C=O) groups excluding carboxylic acids is 2. The molecule has 2 N–H and O–H groups in total. The van der Waals surface area contributed by atoms with Crippen molar-refractivity contribution in [1.29, 1.82) is 0 Å². The molecule has 0 saturated carbocycles. The molecule has 0 spiro atoms. The Bertz CT molecular complexity index is 969. The minimum absolute atomic E-state index is 0.135. The van der Waals surface area contributed by atoms with Gasteiger partial charge in [0.1, 0.15) is 5.01 Å². The van der Waals surface area contributed by atoms with Gasteiger partial charge < -0.3 is 5.32 Å². The van der Waals surface area contributed by atoms with Gasteiger partial charge in [-0.2, -0.15) is 0 Å². The van der Waals surface area contributed by atoms with E-state index in [1.807, 2.05) is 61.5 Å². The van der Waals surface area contributed by atoms with E-state index in [0.29, 0.717) is 10.8 Å². The Morgan fingerprint density at radius 3 is 2.46 bits per heavy atom. The maximum Gasteiger partial charge on any atom is 0.248 e. The molecule has 0 radical (unpaired) electrons. The first-order valence-electron chi connectivity index (χ1n) is 8.45. The smallest absolute Gasteiger partial charge is 0.248 e. The molecule has 1 aromatic heterocycles. The molecule has 0 bridgehead atoms. The molecule has 2 amide bonds. The van der Waals surface area contributed by atoms with Gasteiger partial charge in [0.15, 0.2) is 0 Å². The van der Waals surface area contributed by atoms with E-state index in [4.69, 9.17) is 0 Å². The molecule has 3 rings (SSSR count). The summed E-state index contributed by atoms with van der Waals surface area (Å²) in [6.45, 7) is 1.83. The monoisotopic (exact) mass is 410 g/mol. The van der Waals surface area contributed by atoms with E-state index in [1.165, 1.54) is 29.2 Å². The molecule has 8 heteroatoms. The van der Waals surface area contributed by atoms with Crippen LogP contribution in [0.2, 0.25) is 0 Å². The lowest BCUT2D eigenvalue weighted by Crippen LogP contribution is -2.13. The van der Waals surface area contributed by atoms with Crippen LogP contribution in [0.15, 0.2) is 65.6 Å². The number of anilines is 2. The number of thioether (sulfide) groups is 1. The molecule has 6 nitrogen and oxygen atoms in total. The average molecular weight is 411 g/mol. The molecule has 1 heterocycles. The number of rotatable bonds is 7. The fourth-order valence-electron chi connectivity index (χ4n) is 2.21. The Labute approximate surface area is 171 Å². The standard InChI is InChI=1S/C20H18N4O2S2/c1-14-23-24-20(28-14)22-19(26)13-27-17-10-8-16(9-11-17)21-18(25)12-7-15-5-3-2-4-6-15/h2-12H,13H2,1H3,(H,21,25)(H,22,24,26)/b12-7+. The second-order valence-corrected chi connectivity index (χ2v) is 7.95. The van der Waals surface area contributed by atoms with Crippen LogP contribution < -0.4 is 10.6 Å². The van der Waals surface area contributed by atoms with Crippen LogP contribution in [-0.4, -0.2) is 27.8 Å². The Morgan fingerprint density at radius 1 is 1.04 bits per heavy atom. The summed E-state index contributed by atoms with van der Waals surface area (Å²) in [5.41, 5.74) is 1.66. The predicted octanol–water partition coefficient (Wildman–Crippen LogP) is 4.23. The quantitative estimate of drug-likeness (QED) is 0.450. The fraction of sp³-hybridized carbons (Fsp3) is 0.100. The molecule has 2 aromatic carbocycles. The number of benzene rings is 2. The van der Waals surface area contributed by atoms with Crippen LogP contribution in [0, 0.1) is 6.92 Å². The summed E-state index contributed by atoms with van der Waals surface area (Å²) in [6.07, 6.45) is 3.26. The first-order chi connectivity index (χ1) is 13.6. The Balaban J connectivity index is 1.46. The molecule has 0 aliphatic carbocycles. The molecule has 0 aliphatic heterocycles. The molecular formula is C20H18N4O2S2. The van der Waals surface area contributed by atoms with E-state index >= 15 is 0 Å². The zero-order chi connectivity index (χ0) is 19.8. The van der Waals surface area contributed by atoms with Crippen LogP contribution >= 0.6 is 23.1 Å². The van der Waals surface area contributed by atoms with E-state index < -0.39 is 0 Å². The normalized spacial score (nSPS) is 10.8. The summed E-state index contributed by atoms with van der Waals surface area (Å²) >= 11 is 2.75. The van der Waals surface area contributed by atoms with Gasteiger partial charge in [-0.1, -0.05) is 41.7 Å². The summed E-state index contributed by atoms with van der Waals surface area (Å²) in [5.74, 6) is -0.0648. The van der Waals surface area contributed by atoms with Crippen LogP contribution in [0.1, 0.15) is 10.6 Å². The average Bonchev–Trinajstić information content (AvgIpc) is 3.11. The summed E-state index contributed by atoms with van der Waals surface area (Å²) in [7, 11) is 0. The first-order valence-corrected chi connectivity index (χ1v) is 10.3. The maximum atomic E-state index is 12.0. The predicted molar refractivity (Wildman–Crippen MR) is 115 cm³/mol. The van der Waals surface area contributed by atoms with E-state index in [0.717, 1.165) is 15.5 Å². The Morgan fingerprint density at radius 2 is 1.79 bits per heavy atom. The summed E-state index contributed by atoms with van der Waals surface area (Å²) < 4.78 is 0. The van der Waals surface area contributed by atoms with Gasteiger partial charge in [-0.05, 0) is 42.8 Å². The van der Waals surface area contributed by atoms with E-state index in [9.17, 15) is 9.59 Å². The maximum absolute atomic E-state index is 12.0. The summed E-state index contributed by atoms with van der Waals surface area (Å²) in [6, 6.07) is 17.0. The molecule has 3 aromatic rings. The lowest BCUT2D eigenvalue weighted by atomic mass is 10.2. The van der Waals surface area contributed by atoms with Gasteiger partial charge in [-0.15, -0.1) is 22.0 Å². The van der Waals surface area contributed by atoms with Crippen LogP contribution in [-0.2, 0) is 9.59 Å². The highest BCUT2D eigenvalue weighted by Crippen LogP contribution is 2.21. The summed E-state index contributed by atoms with van der Waals surface area (Å²) in [5, 5.41) is 14.6. The van der Waals surface area contributed by atoms with Crippen LogP contribution in [0.5, 0.6) is 0 Å². The van der Waals surface area contributed by atoms with Crippen molar-refractivity contribution in [1.82, 2.24) is 10.2 Å². The van der Waals surface area contributed by atoms with Crippen molar-refractivity contribution in [3.8, 4) is 0 Å². The van der Waals surface area contributed by atoms with Crippen molar-refractivity contribution >= 4 is 51.8 Å². The van der Waals surface area contributed by atoms with Crippen molar-refractivity contribution < 1.29 is 9.59 Å². The number of aryl methyl sites for hydroxylation is 1. The number of nitrogens with zero attached hydrogens (tertiary/aromatic N) is 2. The van der Waals surface area contributed by atoms with Gasteiger partial charge in [0.05, 0.1) is 5.75 Å². The SMILES string of the molecule is Cc1nnc(NC(=O)CSc2ccc(NC(=O)/C=C/c3ccccc3)cc2)s1. The van der Waals surface area contributed by atoms with Gasteiger partial charge in [-0.3, -0.25) is 14.9 Å². The number of nitrogens with one attached hydrogen (secondary N) is 2. The molecule has 0 fully saturated rings. The lowest BCUT2D eigenvalue weighted by Gasteiger charge is -2.05. The first kappa shape index (κ1) is 19.8. The molecular weight excluding hydrogens is 392 g/mol. The third kappa shape index (κ3) is 6.33. The van der Waals surface area contributed by atoms with Gasteiger partial charge >= 0.3 is 0 Å². The summed E-state index contributed by atoms with van der Waals surface area (Å²) in [4.78, 5) is 24.9. The highest BCUT2D eigenvalue weighted by molar-refractivity contribution is 8.00. The number of carbonyl (C=O) groups is 2. The number of amides is 2. The molecule has 0 unspecified atom stereocenters. The number of hydrogen-bond acceptors (Lipinski definition) is 6. The third-order valence-electron chi connectivity index (χ3n) is 3.49. The van der Waals surface area contributed by atoms with Crippen LogP contribution in [0.3, 0.4) is 0 Å². The highest BCUT2D eigenvalue weighted by Gasteiger charge is 2.07. The second kappa shape index (κ2) is 9.82. The molecule has 0 atom stereocenters. The zero-order valence-corrected chi connectivity index (χ0v) is 16.7. The van der Waals surface area contributed by atoms with Crippen molar-refractivity contribution in [3.05, 3.63) is 71.2 Å². The van der Waals surface area contributed by atoms with Crippen molar-refractivity contribution in [2.75, 3.05) is 16.4 Å². The lowest BCUT2D eigenvalue weighted by molar-refractivity contribution is -0.114. The molecule has 0 saturated heterocycles. The number of aromatic nitrogens is 2. The Kier molecular flexibility index (Phi) is 6.94. The number of hydrogen-bond donors (Lipinski definition) is 2. The van der Waals surface area contributed by atoms with Crippen molar-refractivity contribution in [2.24, 2.45) is 0 Å². The Hall–Kier alpha value is -2.97. The highest BCUT2D eigenvalue weighted by atomic mass is 32.2. The fourth-order valence-corrected chi connectivity index (χ4v) is 3.51. The van der Waals surface area contributed by atoms with Gasteiger partial charge in [0.25, 0.3) is 0 Å². The van der Waals surface area contributed by atoms with E-state index in [2.05, 4.69) is 20.8 Å². The van der Waals surface area contributed by atoms with Crippen molar-refractivity contribution in [3.63, 3.8) is 0 Å². The van der Waals surface area contributed by atoms with Crippen molar-refractivity contribution in [2.45, 2.75) is 11.8 Å². The molecule has 0 aliphatic rings. The topological polar surface area (TPSA) is 84.0 Å². The van der Waals surface area contributed by atoms with Crippen LogP contribution in [0.4, 0.5) is 10.8 Å². The van der Waals surface area contributed by atoms with Gasteiger partial charge in [0.2, 0.25) is 16.9 Å². The minimum atomic E-state index is -0.198. The largest absolute Gasteiger partial charge is 0.323 e. The third-order valence-corrected chi connectivity index (χ3v) is 5.26. The van der Waals surface area contributed by atoms with E-state index in [-0.39, 0.29) is 17.6 Å². The molecule has 28 heavy (non-hydrogen) atoms. The van der Waals surface area contributed by atoms with Crippen LogP contribution in [0.25, 0.3) is 6.08 Å². The van der Waals surface area contributed by atoms with E-state index in [1.54, 1.807) is 6.08 Å². The second-order valence-electron chi connectivity index (χ2n) is 5.72. The zero-order valence-electron chi connectivity index (χ0n) is 15.1. The van der Waals surface area contributed by atoms with Gasteiger partial charge in [-0.25, -0.2) is 0 Å². The minimum Gasteiger partial charge on any atom is -0.323 e.